The molecule has 2 fully saturated rings. The highest BCUT2D eigenvalue weighted by atomic mass is 16.5. The Morgan fingerprint density at radius 2 is 2.00 bits per heavy atom. The molecule has 4 amide bonds. The molecular formula is C18H21N3O7. The quantitative estimate of drug-likeness (QED) is 0.687. The average Bonchev–Trinajstić information content (AvgIpc) is 3.30. The number of nitrogens with zero attached hydrogens (tertiary/aromatic N) is 2. The Morgan fingerprint density at radius 3 is 2.64 bits per heavy atom. The van der Waals surface area contributed by atoms with Gasteiger partial charge in [0.2, 0.25) is 5.91 Å². The largest absolute Gasteiger partial charge is 0.497 e. The molecule has 10 nitrogen and oxygen atoms in total. The summed E-state index contributed by atoms with van der Waals surface area (Å²) in [5, 5.41) is 2.50. The van der Waals surface area contributed by atoms with Crippen LogP contribution in [0.25, 0.3) is 0 Å². The van der Waals surface area contributed by atoms with Gasteiger partial charge in [-0.1, -0.05) is 0 Å². The summed E-state index contributed by atoms with van der Waals surface area (Å²) < 4.78 is 15.5. The van der Waals surface area contributed by atoms with Crippen molar-refractivity contribution in [1.82, 2.24) is 10.2 Å². The number of nitrogens with one attached hydrogen (secondary N) is 1. The molecule has 1 aromatic rings. The number of hydrogen-bond acceptors (Lipinski definition) is 7. The molecule has 0 saturated carbocycles. The summed E-state index contributed by atoms with van der Waals surface area (Å²) in [6, 6.07) is 4.51. The van der Waals surface area contributed by atoms with E-state index in [1.54, 1.807) is 18.2 Å². The van der Waals surface area contributed by atoms with Gasteiger partial charge in [-0.25, -0.2) is 4.79 Å². The number of urea groups is 1. The first-order valence-corrected chi connectivity index (χ1v) is 8.71. The molecule has 0 aliphatic carbocycles. The molecule has 2 aliphatic heterocycles. The van der Waals surface area contributed by atoms with Gasteiger partial charge in [0.25, 0.3) is 5.91 Å². The summed E-state index contributed by atoms with van der Waals surface area (Å²) in [7, 11) is 3.00. The second-order valence-electron chi connectivity index (χ2n) is 6.33. The van der Waals surface area contributed by atoms with Gasteiger partial charge < -0.3 is 24.4 Å². The van der Waals surface area contributed by atoms with Crippen LogP contribution in [0.15, 0.2) is 18.2 Å². The molecule has 10 heteroatoms. The van der Waals surface area contributed by atoms with E-state index in [9.17, 15) is 19.2 Å². The zero-order valence-corrected chi connectivity index (χ0v) is 15.6. The van der Waals surface area contributed by atoms with Crippen LogP contribution in [0.1, 0.15) is 6.42 Å². The molecule has 150 valence electrons. The fourth-order valence-corrected chi connectivity index (χ4v) is 3.14. The van der Waals surface area contributed by atoms with Crippen LogP contribution in [0.3, 0.4) is 0 Å². The van der Waals surface area contributed by atoms with Gasteiger partial charge in [0.05, 0.1) is 25.8 Å². The fourth-order valence-electron chi connectivity index (χ4n) is 3.14. The number of carbonyl (C=O) groups excluding carboxylic acids is 4. The van der Waals surface area contributed by atoms with Crippen LogP contribution in [-0.2, 0) is 19.1 Å². The number of imide groups is 1. The molecule has 0 radical (unpaired) electrons. The summed E-state index contributed by atoms with van der Waals surface area (Å²) >= 11 is 0. The summed E-state index contributed by atoms with van der Waals surface area (Å²) in [5.41, 5.74) is 0.522. The van der Waals surface area contributed by atoms with Crippen LogP contribution in [0, 0.1) is 5.92 Å². The van der Waals surface area contributed by atoms with Crippen LogP contribution in [-0.4, -0.2) is 69.2 Å². The second kappa shape index (κ2) is 8.15. The molecule has 2 heterocycles. The number of amides is 4. The molecule has 3 rings (SSSR count). The van der Waals surface area contributed by atoms with E-state index in [0.29, 0.717) is 23.7 Å². The van der Waals surface area contributed by atoms with E-state index < -0.39 is 30.4 Å². The van der Waals surface area contributed by atoms with Crippen LogP contribution >= 0.6 is 0 Å². The van der Waals surface area contributed by atoms with Crippen molar-refractivity contribution in [1.29, 1.82) is 0 Å². The van der Waals surface area contributed by atoms with Crippen LogP contribution in [0.5, 0.6) is 11.5 Å². The van der Waals surface area contributed by atoms with Gasteiger partial charge in [-0.3, -0.25) is 19.3 Å². The number of hydrogen-bond donors (Lipinski definition) is 1. The van der Waals surface area contributed by atoms with E-state index in [1.165, 1.54) is 19.1 Å². The first-order valence-electron chi connectivity index (χ1n) is 8.71. The van der Waals surface area contributed by atoms with Gasteiger partial charge in [0, 0.05) is 32.1 Å². The number of methoxy groups -OCH3 is 2. The van der Waals surface area contributed by atoms with E-state index in [4.69, 9.17) is 14.2 Å². The molecule has 2 saturated heterocycles. The van der Waals surface area contributed by atoms with E-state index in [2.05, 4.69) is 5.32 Å². The van der Waals surface area contributed by atoms with Crippen molar-refractivity contribution >= 4 is 29.5 Å². The Bertz CT molecular complexity index is 810. The van der Waals surface area contributed by atoms with Crippen LogP contribution < -0.4 is 19.7 Å². The van der Waals surface area contributed by atoms with Gasteiger partial charge in [0.15, 0.2) is 6.61 Å². The third kappa shape index (κ3) is 3.85. The lowest BCUT2D eigenvalue weighted by molar-refractivity contribution is -0.154. The molecule has 2 aliphatic rings. The Labute approximate surface area is 161 Å². The van der Waals surface area contributed by atoms with E-state index in [0.717, 1.165) is 4.90 Å². The summed E-state index contributed by atoms with van der Waals surface area (Å²) in [6.45, 7) is 0.179. The third-order valence-electron chi connectivity index (χ3n) is 4.63. The zero-order valence-electron chi connectivity index (χ0n) is 15.6. The van der Waals surface area contributed by atoms with Crippen molar-refractivity contribution in [3.63, 3.8) is 0 Å². The number of anilines is 1. The lowest BCUT2D eigenvalue weighted by atomic mass is 10.1. The molecule has 1 atom stereocenters. The van der Waals surface area contributed by atoms with Gasteiger partial charge in [-0.15, -0.1) is 0 Å². The van der Waals surface area contributed by atoms with Crippen LogP contribution in [0.4, 0.5) is 10.5 Å². The molecule has 0 bridgehead atoms. The summed E-state index contributed by atoms with van der Waals surface area (Å²) in [4.78, 5) is 50.5. The molecule has 0 aromatic heterocycles. The third-order valence-corrected chi connectivity index (χ3v) is 4.63. The number of rotatable bonds is 6. The normalized spacial score (nSPS) is 18.9. The second-order valence-corrected chi connectivity index (χ2v) is 6.33. The number of carbonyl (C=O) groups is 4. The van der Waals surface area contributed by atoms with Crippen molar-refractivity contribution in [2.45, 2.75) is 6.42 Å². The van der Waals surface area contributed by atoms with Crippen molar-refractivity contribution in [3.8, 4) is 11.5 Å². The predicted molar refractivity (Wildman–Crippen MR) is 96.1 cm³/mol. The maximum absolute atomic E-state index is 12.4. The summed E-state index contributed by atoms with van der Waals surface area (Å²) in [6.07, 6.45) is -0.0353. The number of esters is 1. The lowest BCUT2D eigenvalue weighted by Crippen LogP contribution is -2.38. The lowest BCUT2D eigenvalue weighted by Gasteiger charge is -2.20. The maximum atomic E-state index is 12.4. The van der Waals surface area contributed by atoms with E-state index in [1.807, 2.05) is 0 Å². The first kappa shape index (κ1) is 19.5. The number of ether oxygens (including phenoxy) is 3. The molecular weight excluding hydrogens is 370 g/mol. The molecule has 0 unspecified atom stereocenters. The Kier molecular flexibility index (Phi) is 5.67. The highest BCUT2D eigenvalue weighted by Crippen LogP contribution is 2.36. The highest BCUT2D eigenvalue weighted by Gasteiger charge is 2.38. The SMILES string of the molecule is COc1ccc(N2C[C@@H](C(=O)OCC(=O)N3CCNC3=O)CC2=O)c(OC)c1. The minimum Gasteiger partial charge on any atom is -0.497 e. The molecule has 0 spiro atoms. The minimum atomic E-state index is -0.709. The average molecular weight is 391 g/mol. The number of benzene rings is 1. The summed E-state index contributed by atoms with van der Waals surface area (Å²) in [5.74, 6) is -1.20. The maximum Gasteiger partial charge on any atom is 0.324 e. The molecule has 1 N–H and O–H groups in total. The van der Waals surface area contributed by atoms with E-state index >= 15 is 0 Å². The monoisotopic (exact) mass is 391 g/mol. The van der Waals surface area contributed by atoms with Crippen LogP contribution in [0.2, 0.25) is 0 Å². The van der Waals surface area contributed by atoms with Gasteiger partial charge >= 0.3 is 12.0 Å². The van der Waals surface area contributed by atoms with Crippen molar-refractivity contribution in [2.24, 2.45) is 5.92 Å². The first-order chi connectivity index (χ1) is 13.4. The van der Waals surface area contributed by atoms with Gasteiger partial charge in [-0.05, 0) is 12.1 Å². The standard InChI is InChI=1S/C18H21N3O7/c1-26-12-3-4-13(14(8-12)27-2)21-9-11(7-15(21)22)17(24)28-10-16(23)20-6-5-19-18(20)25/h3-4,8,11H,5-7,9-10H2,1-2H3,(H,19,25)/t11-/m0/s1. The fraction of sp³-hybridized carbons (Fsp3) is 0.444. The molecule has 28 heavy (non-hydrogen) atoms. The van der Waals surface area contributed by atoms with Crippen molar-refractivity contribution in [2.75, 3.05) is 45.4 Å². The minimum absolute atomic E-state index is 0.0353. The van der Waals surface area contributed by atoms with Crippen molar-refractivity contribution < 1.29 is 33.4 Å². The Balaban J connectivity index is 1.61. The Morgan fingerprint density at radius 1 is 1.21 bits per heavy atom. The topological polar surface area (TPSA) is 114 Å². The van der Waals surface area contributed by atoms with Gasteiger partial charge in [0.1, 0.15) is 11.5 Å². The Hall–Kier alpha value is -3.30. The van der Waals surface area contributed by atoms with E-state index in [-0.39, 0.29) is 25.4 Å². The highest BCUT2D eigenvalue weighted by molar-refractivity contribution is 6.01. The predicted octanol–water partition coefficient (Wildman–Crippen LogP) is 0.152. The zero-order chi connectivity index (χ0) is 20.3. The smallest absolute Gasteiger partial charge is 0.324 e. The van der Waals surface area contributed by atoms with Crippen molar-refractivity contribution in [3.05, 3.63) is 18.2 Å². The molecule has 1 aromatic carbocycles. The van der Waals surface area contributed by atoms with Gasteiger partial charge in [-0.2, -0.15) is 0 Å².